The zero-order valence-electron chi connectivity index (χ0n) is 11.9. The molecule has 1 aliphatic heterocycles. The molecule has 0 aromatic heterocycles. The van der Waals surface area contributed by atoms with Crippen molar-refractivity contribution in [3.8, 4) is 6.07 Å². The second-order valence-electron chi connectivity index (χ2n) is 5.18. The van der Waals surface area contributed by atoms with Gasteiger partial charge in [0.1, 0.15) is 0 Å². The number of hydrogen-bond acceptors (Lipinski definition) is 3. The molecule has 1 fully saturated rings. The minimum Gasteiger partial charge on any atom is -0.378 e. The van der Waals surface area contributed by atoms with Gasteiger partial charge in [-0.05, 0) is 49.9 Å². The van der Waals surface area contributed by atoms with E-state index in [4.69, 9.17) is 10.00 Å². The number of likely N-dealkylation sites (tertiary alicyclic amines) is 1. The van der Waals surface area contributed by atoms with Gasteiger partial charge in [0.2, 0.25) is 0 Å². The third-order valence-electron chi connectivity index (χ3n) is 3.80. The summed E-state index contributed by atoms with van der Waals surface area (Å²) in [6, 6.07) is 8.16. The third-order valence-corrected chi connectivity index (χ3v) is 3.80. The van der Waals surface area contributed by atoms with E-state index in [2.05, 4.69) is 30.9 Å². The van der Waals surface area contributed by atoms with E-state index < -0.39 is 0 Å². The van der Waals surface area contributed by atoms with Crippen LogP contribution in [0.5, 0.6) is 0 Å². The average Bonchev–Trinajstić information content (AvgIpc) is 2.43. The maximum Gasteiger partial charge on any atom is 0.0991 e. The minimum atomic E-state index is 0.448. The molecule has 19 heavy (non-hydrogen) atoms. The maximum absolute atomic E-state index is 8.88. The first-order valence-electron chi connectivity index (χ1n) is 7.06. The predicted molar refractivity (Wildman–Crippen MR) is 75.8 cm³/mol. The van der Waals surface area contributed by atoms with Gasteiger partial charge in [0, 0.05) is 26.2 Å². The molecule has 102 valence electrons. The highest BCUT2D eigenvalue weighted by Gasteiger charge is 2.19. The summed E-state index contributed by atoms with van der Waals surface area (Å²) in [5.74, 6) is 0. The number of nitriles is 1. The van der Waals surface area contributed by atoms with Crippen molar-refractivity contribution in [2.75, 3.05) is 19.7 Å². The van der Waals surface area contributed by atoms with E-state index in [1.807, 2.05) is 12.1 Å². The molecule has 3 heteroatoms. The van der Waals surface area contributed by atoms with Crippen LogP contribution >= 0.6 is 0 Å². The fraction of sp³-hybridized carbons (Fsp3) is 0.562. The molecule has 1 heterocycles. The van der Waals surface area contributed by atoms with Crippen molar-refractivity contribution in [2.45, 2.75) is 39.3 Å². The molecule has 3 nitrogen and oxygen atoms in total. The van der Waals surface area contributed by atoms with Crippen molar-refractivity contribution in [3.05, 3.63) is 34.9 Å². The second-order valence-corrected chi connectivity index (χ2v) is 5.18. The van der Waals surface area contributed by atoms with Gasteiger partial charge in [0.05, 0.1) is 17.7 Å². The fourth-order valence-corrected chi connectivity index (χ4v) is 2.65. The molecule has 0 spiro atoms. The van der Waals surface area contributed by atoms with Crippen molar-refractivity contribution in [1.82, 2.24) is 4.90 Å². The van der Waals surface area contributed by atoms with Gasteiger partial charge in [-0.15, -0.1) is 0 Å². The van der Waals surface area contributed by atoms with Gasteiger partial charge in [-0.3, -0.25) is 4.90 Å². The van der Waals surface area contributed by atoms with Crippen molar-refractivity contribution >= 4 is 0 Å². The highest BCUT2D eigenvalue weighted by Crippen LogP contribution is 2.18. The molecule has 1 aliphatic rings. The highest BCUT2D eigenvalue weighted by molar-refractivity contribution is 5.37. The second kappa shape index (κ2) is 6.70. The Bertz CT molecular complexity index is 456. The van der Waals surface area contributed by atoms with Gasteiger partial charge in [0.15, 0.2) is 0 Å². The standard InChI is InChI=1S/C16H22N2O/c1-3-19-16-6-8-18(9-7-16)12-15-5-4-14(11-17)10-13(15)2/h4-5,10,16H,3,6-9,12H2,1-2H3. The molecule has 0 unspecified atom stereocenters. The summed E-state index contributed by atoms with van der Waals surface area (Å²) in [6.45, 7) is 8.15. The minimum absolute atomic E-state index is 0.448. The molecule has 0 radical (unpaired) electrons. The number of piperidine rings is 1. The van der Waals surface area contributed by atoms with Crippen molar-refractivity contribution in [2.24, 2.45) is 0 Å². The summed E-state index contributed by atoms with van der Waals surface area (Å²) < 4.78 is 5.67. The molecule has 0 bridgehead atoms. The van der Waals surface area contributed by atoms with E-state index in [0.29, 0.717) is 6.10 Å². The smallest absolute Gasteiger partial charge is 0.0991 e. The van der Waals surface area contributed by atoms with E-state index >= 15 is 0 Å². The number of ether oxygens (including phenoxy) is 1. The Labute approximate surface area is 115 Å². The lowest BCUT2D eigenvalue weighted by Crippen LogP contribution is -2.36. The summed E-state index contributed by atoms with van der Waals surface area (Å²) in [4.78, 5) is 2.48. The van der Waals surface area contributed by atoms with Crippen LogP contribution < -0.4 is 0 Å². The van der Waals surface area contributed by atoms with Crippen LogP contribution in [0, 0.1) is 18.3 Å². The lowest BCUT2D eigenvalue weighted by Gasteiger charge is -2.32. The van der Waals surface area contributed by atoms with E-state index in [1.165, 1.54) is 11.1 Å². The van der Waals surface area contributed by atoms with Gasteiger partial charge < -0.3 is 4.74 Å². The normalized spacial score (nSPS) is 17.3. The first kappa shape index (κ1) is 14.0. The van der Waals surface area contributed by atoms with Crippen LogP contribution in [0.4, 0.5) is 0 Å². The lowest BCUT2D eigenvalue weighted by molar-refractivity contribution is 0.0125. The van der Waals surface area contributed by atoms with Crippen LogP contribution in [-0.4, -0.2) is 30.7 Å². The maximum atomic E-state index is 8.88. The zero-order chi connectivity index (χ0) is 13.7. The largest absolute Gasteiger partial charge is 0.378 e. The van der Waals surface area contributed by atoms with Crippen LogP contribution in [0.25, 0.3) is 0 Å². The molecule has 0 N–H and O–H groups in total. The summed E-state index contributed by atoms with van der Waals surface area (Å²) in [7, 11) is 0. The van der Waals surface area contributed by atoms with Gasteiger partial charge >= 0.3 is 0 Å². The van der Waals surface area contributed by atoms with E-state index in [9.17, 15) is 0 Å². The molecule has 1 aromatic rings. The fourth-order valence-electron chi connectivity index (χ4n) is 2.65. The van der Waals surface area contributed by atoms with Crippen LogP contribution in [0.3, 0.4) is 0 Å². The molecule has 0 aliphatic carbocycles. The highest BCUT2D eigenvalue weighted by atomic mass is 16.5. The molecule has 0 amide bonds. The molecule has 0 atom stereocenters. The van der Waals surface area contributed by atoms with E-state index in [0.717, 1.165) is 44.6 Å². The van der Waals surface area contributed by atoms with E-state index in [1.54, 1.807) is 0 Å². The number of nitrogens with zero attached hydrogens (tertiary/aromatic N) is 2. The van der Waals surface area contributed by atoms with Crippen molar-refractivity contribution < 1.29 is 4.74 Å². The summed E-state index contributed by atoms with van der Waals surface area (Å²) in [6.07, 6.45) is 2.70. The Balaban J connectivity index is 1.91. The Morgan fingerprint density at radius 2 is 2.11 bits per heavy atom. The van der Waals surface area contributed by atoms with Crippen LogP contribution in [0.15, 0.2) is 18.2 Å². The van der Waals surface area contributed by atoms with Gasteiger partial charge in [0.25, 0.3) is 0 Å². The van der Waals surface area contributed by atoms with Gasteiger partial charge in [-0.2, -0.15) is 5.26 Å². The quantitative estimate of drug-likeness (QED) is 0.833. The molecule has 1 aromatic carbocycles. The number of rotatable bonds is 4. The van der Waals surface area contributed by atoms with E-state index in [-0.39, 0.29) is 0 Å². The van der Waals surface area contributed by atoms with Crippen LogP contribution in [-0.2, 0) is 11.3 Å². The Hall–Kier alpha value is -1.37. The summed E-state index contributed by atoms with van der Waals surface area (Å²) in [5, 5.41) is 8.88. The first-order valence-corrected chi connectivity index (χ1v) is 7.06. The van der Waals surface area contributed by atoms with Crippen LogP contribution in [0.1, 0.15) is 36.5 Å². The Morgan fingerprint density at radius 1 is 1.37 bits per heavy atom. The molecular weight excluding hydrogens is 236 g/mol. The first-order chi connectivity index (χ1) is 9.22. The Morgan fingerprint density at radius 3 is 2.68 bits per heavy atom. The zero-order valence-corrected chi connectivity index (χ0v) is 11.9. The predicted octanol–water partition coefficient (Wildman–Crippen LogP) is 2.87. The Kier molecular flexibility index (Phi) is 4.95. The SMILES string of the molecule is CCOC1CCN(Cc2ccc(C#N)cc2C)CC1. The molecular formula is C16H22N2O. The van der Waals surface area contributed by atoms with Gasteiger partial charge in [-0.1, -0.05) is 6.07 Å². The van der Waals surface area contributed by atoms with Crippen molar-refractivity contribution in [1.29, 1.82) is 5.26 Å². The number of aryl methyl sites for hydroxylation is 1. The average molecular weight is 258 g/mol. The summed E-state index contributed by atoms with van der Waals surface area (Å²) in [5.41, 5.74) is 3.29. The topological polar surface area (TPSA) is 36.3 Å². The number of benzene rings is 1. The number of hydrogen-bond donors (Lipinski definition) is 0. The molecule has 1 saturated heterocycles. The van der Waals surface area contributed by atoms with Gasteiger partial charge in [-0.25, -0.2) is 0 Å². The third kappa shape index (κ3) is 3.79. The summed E-state index contributed by atoms with van der Waals surface area (Å²) >= 11 is 0. The molecule has 2 rings (SSSR count). The lowest BCUT2D eigenvalue weighted by atomic mass is 10.0. The van der Waals surface area contributed by atoms with Crippen molar-refractivity contribution in [3.63, 3.8) is 0 Å². The monoisotopic (exact) mass is 258 g/mol. The van der Waals surface area contributed by atoms with Crippen LogP contribution in [0.2, 0.25) is 0 Å². The molecule has 0 saturated carbocycles.